The lowest BCUT2D eigenvalue weighted by atomic mass is 10.2. The average Bonchev–Trinajstić information content (AvgIpc) is 3.11. The Bertz CT molecular complexity index is 536. The molecule has 0 aromatic carbocycles. The minimum atomic E-state index is -3.40. The van der Waals surface area contributed by atoms with Crippen molar-refractivity contribution in [2.75, 3.05) is 19.8 Å². The van der Waals surface area contributed by atoms with Crippen LogP contribution in [0.1, 0.15) is 32.3 Å². The molecule has 1 aromatic heterocycles. The summed E-state index contributed by atoms with van der Waals surface area (Å²) in [6, 6.07) is 2.37. The summed E-state index contributed by atoms with van der Waals surface area (Å²) in [4.78, 5) is 0. The Morgan fingerprint density at radius 1 is 1.43 bits per heavy atom. The molecule has 0 radical (unpaired) electrons. The SMILES string of the molecule is CC(C)COCCNS(=O)(=O)c1cc(CNC2CC2)cs1. The van der Waals surface area contributed by atoms with E-state index in [1.807, 2.05) is 5.38 Å². The third-order valence-electron chi connectivity index (χ3n) is 3.06. The Morgan fingerprint density at radius 2 is 2.19 bits per heavy atom. The Labute approximate surface area is 131 Å². The van der Waals surface area contributed by atoms with Crippen LogP contribution in [0, 0.1) is 5.92 Å². The van der Waals surface area contributed by atoms with Crippen molar-refractivity contribution in [1.82, 2.24) is 10.0 Å². The molecule has 0 saturated heterocycles. The molecule has 1 aromatic rings. The molecule has 0 bridgehead atoms. The van der Waals surface area contributed by atoms with Crippen molar-refractivity contribution in [3.8, 4) is 0 Å². The first-order valence-corrected chi connectivity index (χ1v) is 9.72. The van der Waals surface area contributed by atoms with Gasteiger partial charge in [0.1, 0.15) is 4.21 Å². The maximum Gasteiger partial charge on any atom is 0.250 e. The summed E-state index contributed by atoms with van der Waals surface area (Å²) in [5.41, 5.74) is 1.03. The molecule has 1 aliphatic rings. The first kappa shape index (κ1) is 16.9. The Kier molecular flexibility index (Phi) is 6.19. The van der Waals surface area contributed by atoms with Crippen LogP contribution in [-0.2, 0) is 21.3 Å². The normalized spacial score (nSPS) is 15.8. The fourth-order valence-electron chi connectivity index (χ4n) is 1.77. The topological polar surface area (TPSA) is 67.4 Å². The number of hydrogen-bond acceptors (Lipinski definition) is 5. The first-order valence-electron chi connectivity index (χ1n) is 7.35. The standard InChI is InChI=1S/C14H24N2O3S2/c1-11(2)9-19-6-5-16-21(17,18)14-7-12(10-20-14)8-15-13-3-4-13/h7,10-11,13,15-16H,3-6,8-9H2,1-2H3. The van der Waals surface area contributed by atoms with Crippen molar-refractivity contribution >= 4 is 21.4 Å². The van der Waals surface area contributed by atoms with E-state index in [4.69, 9.17) is 4.74 Å². The van der Waals surface area contributed by atoms with Gasteiger partial charge in [0.25, 0.3) is 0 Å². The second-order valence-corrected chi connectivity index (χ2v) is 8.70. The van der Waals surface area contributed by atoms with Gasteiger partial charge in [0, 0.05) is 25.7 Å². The van der Waals surface area contributed by atoms with E-state index in [0.29, 0.717) is 35.9 Å². The average molecular weight is 332 g/mol. The molecule has 1 aliphatic carbocycles. The van der Waals surface area contributed by atoms with Crippen LogP contribution in [0.2, 0.25) is 0 Å². The van der Waals surface area contributed by atoms with Gasteiger partial charge in [-0.3, -0.25) is 0 Å². The molecule has 5 nitrogen and oxygen atoms in total. The van der Waals surface area contributed by atoms with Gasteiger partial charge in [0.05, 0.1) is 6.61 Å². The lowest BCUT2D eigenvalue weighted by Gasteiger charge is -2.07. The molecule has 2 N–H and O–H groups in total. The van der Waals surface area contributed by atoms with E-state index < -0.39 is 10.0 Å². The maximum absolute atomic E-state index is 12.1. The van der Waals surface area contributed by atoms with Gasteiger partial charge in [0.15, 0.2) is 0 Å². The van der Waals surface area contributed by atoms with Crippen LogP contribution in [-0.4, -0.2) is 34.2 Å². The zero-order valence-electron chi connectivity index (χ0n) is 12.6. The Balaban J connectivity index is 1.75. The van der Waals surface area contributed by atoms with Crippen molar-refractivity contribution in [3.05, 3.63) is 17.0 Å². The van der Waals surface area contributed by atoms with Crippen LogP contribution in [0.5, 0.6) is 0 Å². The van der Waals surface area contributed by atoms with E-state index in [0.717, 1.165) is 12.1 Å². The molecule has 7 heteroatoms. The molecule has 120 valence electrons. The van der Waals surface area contributed by atoms with Crippen LogP contribution >= 0.6 is 11.3 Å². The van der Waals surface area contributed by atoms with Crippen LogP contribution in [0.4, 0.5) is 0 Å². The molecule has 2 rings (SSSR count). The summed E-state index contributed by atoms with van der Waals surface area (Å²) in [7, 11) is -3.40. The molecule has 0 unspecified atom stereocenters. The molecule has 21 heavy (non-hydrogen) atoms. The number of ether oxygens (including phenoxy) is 1. The van der Waals surface area contributed by atoms with Gasteiger partial charge in [0.2, 0.25) is 10.0 Å². The number of nitrogens with one attached hydrogen (secondary N) is 2. The van der Waals surface area contributed by atoms with Crippen LogP contribution in [0.3, 0.4) is 0 Å². The summed E-state index contributed by atoms with van der Waals surface area (Å²) < 4.78 is 32.6. The minimum Gasteiger partial charge on any atom is -0.380 e. The van der Waals surface area contributed by atoms with E-state index in [2.05, 4.69) is 23.9 Å². The molecule has 0 atom stereocenters. The minimum absolute atomic E-state index is 0.308. The van der Waals surface area contributed by atoms with E-state index in [-0.39, 0.29) is 0 Å². The third-order valence-corrected chi connectivity index (χ3v) is 6.01. The van der Waals surface area contributed by atoms with Gasteiger partial charge in [-0.15, -0.1) is 11.3 Å². The van der Waals surface area contributed by atoms with Crippen LogP contribution in [0.15, 0.2) is 15.7 Å². The summed E-state index contributed by atoms with van der Waals surface area (Å²) >= 11 is 1.27. The second-order valence-electron chi connectivity index (χ2n) is 5.80. The molecule has 1 saturated carbocycles. The monoisotopic (exact) mass is 332 g/mol. The Hall–Kier alpha value is -0.470. The highest BCUT2D eigenvalue weighted by Gasteiger charge is 2.21. The molecule has 1 fully saturated rings. The van der Waals surface area contributed by atoms with E-state index in [1.54, 1.807) is 6.07 Å². The van der Waals surface area contributed by atoms with Crippen molar-refractivity contribution in [2.24, 2.45) is 5.92 Å². The maximum atomic E-state index is 12.1. The molecular weight excluding hydrogens is 308 g/mol. The van der Waals surface area contributed by atoms with Crippen molar-refractivity contribution in [3.63, 3.8) is 0 Å². The van der Waals surface area contributed by atoms with Crippen LogP contribution < -0.4 is 10.0 Å². The smallest absolute Gasteiger partial charge is 0.250 e. The predicted octanol–water partition coefficient (Wildman–Crippen LogP) is 1.95. The number of rotatable bonds is 10. The molecule has 0 spiro atoms. The number of sulfonamides is 1. The van der Waals surface area contributed by atoms with Gasteiger partial charge in [-0.1, -0.05) is 13.8 Å². The summed E-state index contributed by atoms with van der Waals surface area (Å²) in [5.74, 6) is 0.459. The Morgan fingerprint density at radius 3 is 2.86 bits per heavy atom. The van der Waals surface area contributed by atoms with Crippen molar-refractivity contribution in [1.29, 1.82) is 0 Å². The summed E-state index contributed by atoms with van der Waals surface area (Å²) in [6.07, 6.45) is 2.46. The van der Waals surface area contributed by atoms with Gasteiger partial charge >= 0.3 is 0 Å². The fourth-order valence-corrected chi connectivity index (χ4v) is 4.04. The van der Waals surface area contributed by atoms with Crippen molar-refractivity contribution in [2.45, 2.75) is 43.5 Å². The zero-order chi connectivity index (χ0) is 15.3. The van der Waals surface area contributed by atoms with Gasteiger partial charge < -0.3 is 10.1 Å². The van der Waals surface area contributed by atoms with E-state index in [1.165, 1.54) is 24.2 Å². The highest BCUT2D eigenvalue weighted by molar-refractivity contribution is 7.91. The lowest BCUT2D eigenvalue weighted by molar-refractivity contribution is 0.114. The molecule has 1 heterocycles. The zero-order valence-corrected chi connectivity index (χ0v) is 14.2. The summed E-state index contributed by atoms with van der Waals surface area (Å²) in [6.45, 7) is 6.23. The molecule has 0 aliphatic heterocycles. The molecular formula is C14H24N2O3S2. The van der Waals surface area contributed by atoms with Crippen LogP contribution in [0.25, 0.3) is 0 Å². The third kappa shape index (κ3) is 6.04. The highest BCUT2D eigenvalue weighted by atomic mass is 32.2. The van der Waals surface area contributed by atoms with Gasteiger partial charge in [-0.05, 0) is 35.8 Å². The number of thiophene rings is 1. The highest BCUT2D eigenvalue weighted by Crippen LogP contribution is 2.22. The van der Waals surface area contributed by atoms with E-state index >= 15 is 0 Å². The van der Waals surface area contributed by atoms with Gasteiger partial charge in [-0.25, -0.2) is 13.1 Å². The first-order chi connectivity index (χ1) is 9.97. The summed E-state index contributed by atoms with van der Waals surface area (Å²) in [5, 5.41) is 5.28. The van der Waals surface area contributed by atoms with E-state index in [9.17, 15) is 8.42 Å². The fraction of sp³-hybridized carbons (Fsp3) is 0.714. The number of hydrogen-bond donors (Lipinski definition) is 2. The largest absolute Gasteiger partial charge is 0.380 e. The predicted molar refractivity (Wildman–Crippen MR) is 85.0 cm³/mol. The molecule has 0 amide bonds. The second kappa shape index (κ2) is 7.69. The lowest BCUT2D eigenvalue weighted by Crippen LogP contribution is -2.27. The van der Waals surface area contributed by atoms with Gasteiger partial charge in [-0.2, -0.15) is 0 Å². The van der Waals surface area contributed by atoms with Crippen molar-refractivity contribution < 1.29 is 13.2 Å². The quantitative estimate of drug-likeness (QED) is 0.643.